The van der Waals surface area contributed by atoms with Gasteiger partial charge in [-0.1, -0.05) is 19.1 Å². The summed E-state index contributed by atoms with van der Waals surface area (Å²) in [6.45, 7) is 5.50. The number of hydrogen-bond acceptors (Lipinski definition) is 3. The Morgan fingerprint density at radius 1 is 1.20 bits per heavy atom. The third-order valence-electron chi connectivity index (χ3n) is 3.09. The maximum atomic E-state index is 12.5. The number of anilines is 1. The number of nitrogens with zero attached hydrogens (tertiary/aromatic N) is 1. The van der Waals surface area contributed by atoms with Gasteiger partial charge in [-0.25, -0.2) is 0 Å². The van der Waals surface area contributed by atoms with Gasteiger partial charge in [-0.2, -0.15) is 0 Å². The molecule has 3 nitrogen and oxygen atoms in total. The first-order valence-electron chi connectivity index (χ1n) is 6.80. The molecule has 1 aromatic carbocycles. The van der Waals surface area contributed by atoms with E-state index in [4.69, 9.17) is 5.73 Å². The molecule has 0 saturated carbocycles. The molecule has 0 spiro atoms. The summed E-state index contributed by atoms with van der Waals surface area (Å²) in [4.78, 5) is 16.4. The van der Waals surface area contributed by atoms with E-state index in [1.54, 1.807) is 11.3 Å². The lowest BCUT2D eigenvalue weighted by atomic mass is 10.2. The minimum Gasteiger partial charge on any atom is -0.399 e. The third-order valence-corrected chi connectivity index (χ3v) is 4.07. The van der Waals surface area contributed by atoms with Crippen molar-refractivity contribution >= 4 is 22.9 Å². The number of aryl methyl sites for hydroxylation is 1. The lowest BCUT2D eigenvalue weighted by molar-refractivity contribution is 0.0748. The van der Waals surface area contributed by atoms with E-state index in [0.717, 1.165) is 34.0 Å². The van der Waals surface area contributed by atoms with E-state index < -0.39 is 0 Å². The van der Waals surface area contributed by atoms with Gasteiger partial charge in [-0.15, -0.1) is 11.3 Å². The second-order valence-electron chi connectivity index (χ2n) is 4.88. The van der Waals surface area contributed by atoms with E-state index in [2.05, 4.69) is 6.92 Å². The smallest absolute Gasteiger partial charge is 0.264 e. The van der Waals surface area contributed by atoms with E-state index in [9.17, 15) is 4.79 Å². The van der Waals surface area contributed by atoms with Crippen molar-refractivity contribution in [2.45, 2.75) is 26.8 Å². The number of rotatable bonds is 5. The molecule has 4 heteroatoms. The first kappa shape index (κ1) is 14.6. The number of nitrogens with two attached hydrogens (primary N) is 1. The third kappa shape index (κ3) is 3.61. The van der Waals surface area contributed by atoms with Crippen molar-refractivity contribution in [3.8, 4) is 0 Å². The summed E-state index contributed by atoms with van der Waals surface area (Å²) in [5, 5.41) is 0. The molecule has 0 saturated heterocycles. The van der Waals surface area contributed by atoms with Crippen LogP contribution in [0.1, 0.15) is 33.5 Å². The highest BCUT2D eigenvalue weighted by molar-refractivity contribution is 7.13. The molecular formula is C16H20N2OS. The Labute approximate surface area is 124 Å². The van der Waals surface area contributed by atoms with Crippen molar-refractivity contribution in [1.29, 1.82) is 0 Å². The lowest BCUT2D eigenvalue weighted by Gasteiger charge is -2.21. The van der Waals surface area contributed by atoms with Gasteiger partial charge in [-0.05, 0) is 43.2 Å². The first-order valence-corrected chi connectivity index (χ1v) is 7.62. The number of benzene rings is 1. The average Bonchev–Trinajstić information content (AvgIpc) is 2.86. The molecule has 0 aliphatic heterocycles. The zero-order valence-electron chi connectivity index (χ0n) is 11.9. The highest BCUT2D eigenvalue weighted by Gasteiger charge is 2.16. The van der Waals surface area contributed by atoms with Crippen molar-refractivity contribution in [2.24, 2.45) is 0 Å². The van der Waals surface area contributed by atoms with E-state index in [1.165, 1.54) is 0 Å². The summed E-state index contributed by atoms with van der Waals surface area (Å²) in [7, 11) is 0. The minimum absolute atomic E-state index is 0.113. The molecule has 0 radical (unpaired) electrons. The summed E-state index contributed by atoms with van der Waals surface area (Å²) < 4.78 is 0. The molecule has 0 bridgehead atoms. The van der Waals surface area contributed by atoms with Gasteiger partial charge in [0.1, 0.15) is 0 Å². The van der Waals surface area contributed by atoms with Crippen molar-refractivity contribution in [1.82, 2.24) is 4.90 Å². The molecule has 0 fully saturated rings. The van der Waals surface area contributed by atoms with Gasteiger partial charge in [-0.3, -0.25) is 4.79 Å². The van der Waals surface area contributed by atoms with Crippen molar-refractivity contribution < 1.29 is 4.79 Å². The number of thiophene rings is 1. The van der Waals surface area contributed by atoms with Crippen LogP contribution in [0.25, 0.3) is 0 Å². The Balaban J connectivity index is 2.14. The summed E-state index contributed by atoms with van der Waals surface area (Å²) in [5.41, 5.74) is 7.54. The molecule has 0 aliphatic carbocycles. The van der Waals surface area contributed by atoms with Gasteiger partial charge >= 0.3 is 0 Å². The predicted octanol–water partition coefficient (Wildman–Crippen LogP) is 3.69. The minimum atomic E-state index is 0.113. The Morgan fingerprint density at radius 2 is 1.90 bits per heavy atom. The monoisotopic (exact) mass is 288 g/mol. The van der Waals surface area contributed by atoms with Crippen LogP contribution in [0.2, 0.25) is 0 Å². The zero-order valence-corrected chi connectivity index (χ0v) is 12.7. The van der Waals surface area contributed by atoms with Crippen LogP contribution in [0.5, 0.6) is 0 Å². The molecule has 0 unspecified atom stereocenters. The highest BCUT2D eigenvalue weighted by Crippen LogP contribution is 2.19. The Morgan fingerprint density at radius 3 is 2.45 bits per heavy atom. The van der Waals surface area contributed by atoms with Crippen LogP contribution in [-0.4, -0.2) is 17.4 Å². The number of nitrogen functional groups attached to an aromatic ring is 1. The van der Waals surface area contributed by atoms with Gasteiger partial charge in [0.25, 0.3) is 5.91 Å². The second kappa shape index (κ2) is 6.57. The van der Waals surface area contributed by atoms with Crippen molar-refractivity contribution in [2.75, 3.05) is 12.3 Å². The zero-order chi connectivity index (χ0) is 14.5. The Hall–Kier alpha value is -1.81. The molecule has 2 rings (SSSR count). The second-order valence-corrected chi connectivity index (χ2v) is 6.17. The Bertz CT molecular complexity index is 574. The van der Waals surface area contributed by atoms with Gasteiger partial charge in [0.05, 0.1) is 4.88 Å². The van der Waals surface area contributed by atoms with Gasteiger partial charge in [0, 0.05) is 23.7 Å². The standard InChI is InChI=1S/C16H20N2OS/c1-3-10-18(11-13-5-7-14(17)8-6-13)16(19)15-9-4-12(2)20-15/h4-9H,3,10-11,17H2,1-2H3. The van der Waals surface area contributed by atoms with Gasteiger partial charge in [0.2, 0.25) is 0 Å². The van der Waals surface area contributed by atoms with Crippen LogP contribution in [-0.2, 0) is 6.54 Å². The molecule has 1 amide bonds. The molecule has 1 heterocycles. The highest BCUT2D eigenvalue weighted by atomic mass is 32.1. The molecule has 0 aliphatic rings. The number of amides is 1. The molecular weight excluding hydrogens is 268 g/mol. The fourth-order valence-corrected chi connectivity index (χ4v) is 2.91. The number of carbonyl (C=O) groups excluding carboxylic acids is 1. The largest absolute Gasteiger partial charge is 0.399 e. The van der Waals surface area contributed by atoms with Crippen LogP contribution in [0, 0.1) is 6.92 Å². The average molecular weight is 288 g/mol. The van der Waals surface area contributed by atoms with Crippen LogP contribution in [0.15, 0.2) is 36.4 Å². The van der Waals surface area contributed by atoms with Crippen LogP contribution in [0.3, 0.4) is 0 Å². The van der Waals surface area contributed by atoms with Crippen LogP contribution in [0.4, 0.5) is 5.69 Å². The normalized spacial score (nSPS) is 10.5. The van der Waals surface area contributed by atoms with E-state index in [-0.39, 0.29) is 5.91 Å². The van der Waals surface area contributed by atoms with Crippen molar-refractivity contribution in [3.63, 3.8) is 0 Å². The molecule has 20 heavy (non-hydrogen) atoms. The van der Waals surface area contributed by atoms with E-state index in [1.807, 2.05) is 48.2 Å². The fraction of sp³-hybridized carbons (Fsp3) is 0.312. The summed E-state index contributed by atoms with van der Waals surface area (Å²) >= 11 is 1.55. The molecule has 1 aromatic heterocycles. The molecule has 2 N–H and O–H groups in total. The lowest BCUT2D eigenvalue weighted by Crippen LogP contribution is -2.30. The topological polar surface area (TPSA) is 46.3 Å². The summed E-state index contributed by atoms with van der Waals surface area (Å²) in [5.74, 6) is 0.113. The molecule has 2 aromatic rings. The van der Waals surface area contributed by atoms with Crippen LogP contribution < -0.4 is 5.73 Å². The van der Waals surface area contributed by atoms with Crippen molar-refractivity contribution in [3.05, 3.63) is 51.7 Å². The van der Waals surface area contributed by atoms with E-state index >= 15 is 0 Å². The molecule has 0 atom stereocenters. The fourth-order valence-electron chi connectivity index (χ4n) is 2.07. The maximum absolute atomic E-state index is 12.5. The van der Waals surface area contributed by atoms with Gasteiger partial charge in [0.15, 0.2) is 0 Å². The number of carbonyl (C=O) groups is 1. The van der Waals surface area contributed by atoms with E-state index in [0.29, 0.717) is 6.54 Å². The molecule has 106 valence electrons. The quantitative estimate of drug-likeness (QED) is 0.853. The predicted molar refractivity (Wildman–Crippen MR) is 84.9 cm³/mol. The first-order chi connectivity index (χ1) is 9.60. The number of hydrogen-bond donors (Lipinski definition) is 1. The SMILES string of the molecule is CCCN(Cc1ccc(N)cc1)C(=O)c1ccc(C)s1. The Kier molecular flexibility index (Phi) is 4.79. The van der Waals surface area contributed by atoms with Gasteiger partial charge < -0.3 is 10.6 Å². The van der Waals surface area contributed by atoms with Crippen LogP contribution >= 0.6 is 11.3 Å². The maximum Gasteiger partial charge on any atom is 0.264 e. The summed E-state index contributed by atoms with van der Waals surface area (Å²) in [6.07, 6.45) is 0.949. The summed E-state index contributed by atoms with van der Waals surface area (Å²) in [6, 6.07) is 11.6.